The van der Waals surface area contributed by atoms with Gasteiger partial charge in [-0.15, -0.1) is 0 Å². The zero-order valence-electron chi connectivity index (χ0n) is 23.6. The molecule has 3 aromatic carbocycles. The number of aliphatic imine (C=N–C) groups is 1. The number of fused-ring (bicyclic) bond motifs is 2. The molecule has 3 aliphatic rings. The number of carbonyl (C=O) groups excluding carboxylic acids is 3. The van der Waals surface area contributed by atoms with E-state index < -0.39 is 18.0 Å². The van der Waals surface area contributed by atoms with Crippen LogP contribution in [0, 0.1) is 5.82 Å². The number of benzene rings is 3. The molecule has 1 atom stereocenters. The molecule has 0 bridgehead atoms. The number of benzodiazepines with no additional fused rings is 1. The zero-order chi connectivity index (χ0) is 29.4. The predicted molar refractivity (Wildman–Crippen MR) is 159 cm³/mol. The van der Waals surface area contributed by atoms with Gasteiger partial charge in [-0.3, -0.25) is 4.79 Å². The standard InChI is InChI=1S/C32H33FN6O3/c1-20(2)39-27-13-6-4-11-25(27)28(21-9-7-10-23(33)18-21)35-29(30(39)40)36-31(41)37-16-14-24(15-17-37)38-19-22-8-3-5-12-26(22)34-32(38)42/h3-13,18,20,24,29H,14-17,19H2,1-2H3,(H,34,42)(H,36,41). The first-order valence-corrected chi connectivity index (χ1v) is 14.3. The van der Waals surface area contributed by atoms with Crippen LogP contribution in [0.3, 0.4) is 0 Å². The first-order chi connectivity index (χ1) is 20.3. The molecular weight excluding hydrogens is 535 g/mol. The Morgan fingerprint density at radius 3 is 2.50 bits per heavy atom. The maximum atomic E-state index is 14.3. The van der Waals surface area contributed by atoms with E-state index in [4.69, 9.17) is 4.99 Å². The van der Waals surface area contributed by atoms with Crippen LogP contribution in [-0.4, -0.2) is 64.8 Å². The van der Waals surface area contributed by atoms with E-state index in [1.165, 1.54) is 12.1 Å². The Labute approximate surface area is 244 Å². The highest BCUT2D eigenvalue weighted by molar-refractivity contribution is 6.20. The van der Waals surface area contributed by atoms with Gasteiger partial charge in [0.15, 0.2) is 0 Å². The molecule has 3 aliphatic heterocycles. The molecule has 2 N–H and O–H groups in total. The van der Waals surface area contributed by atoms with Gasteiger partial charge >= 0.3 is 12.1 Å². The molecule has 3 heterocycles. The highest BCUT2D eigenvalue weighted by atomic mass is 19.1. The normalized spacial score (nSPS) is 19.1. The summed E-state index contributed by atoms with van der Waals surface area (Å²) in [6, 6.07) is 20.5. The van der Waals surface area contributed by atoms with Crippen LogP contribution in [-0.2, 0) is 11.3 Å². The van der Waals surface area contributed by atoms with Gasteiger partial charge in [0.2, 0.25) is 6.17 Å². The fourth-order valence-corrected chi connectivity index (χ4v) is 5.99. The average Bonchev–Trinajstić information content (AvgIpc) is 3.11. The first kappa shape index (κ1) is 27.4. The van der Waals surface area contributed by atoms with E-state index in [9.17, 15) is 18.8 Å². The van der Waals surface area contributed by atoms with Gasteiger partial charge in [0, 0.05) is 48.5 Å². The van der Waals surface area contributed by atoms with Gasteiger partial charge in [-0.05, 0) is 56.5 Å². The molecule has 0 radical (unpaired) electrons. The third-order valence-corrected chi connectivity index (χ3v) is 8.08. The number of rotatable bonds is 4. The van der Waals surface area contributed by atoms with Crippen molar-refractivity contribution in [3.63, 3.8) is 0 Å². The van der Waals surface area contributed by atoms with Gasteiger partial charge in [-0.25, -0.2) is 19.0 Å². The van der Waals surface area contributed by atoms with Gasteiger partial charge in [0.25, 0.3) is 5.91 Å². The third kappa shape index (κ3) is 5.20. The summed E-state index contributed by atoms with van der Waals surface area (Å²) in [5, 5.41) is 5.81. The summed E-state index contributed by atoms with van der Waals surface area (Å²) < 4.78 is 14.3. The molecular formula is C32H33FN6O3. The number of hydrogen-bond acceptors (Lipinski definition) is 4. The van der Waals surface area contributed by atoms with Crippen molar-refractivity contribution in [2.75, 3.05) is 23.3 Å². The molecule has 0 aliphatic carbocycles. The van der Waals surface area contributed by atoms with Gasteiger partial charge in [0.05, 0.1) is 11.4 Å². The van der Waals surface area contributed by atoms with Crippen molar-refractivity contribution in [3.8, 4) is 0 Å². The number of hydrogen-bond donors (Lipinski definition) is 2. The number of halogens is 1. The topological polar surface area (TPSA) is 97.4 Å². The smallest absolute Gasteiger partial charge is 0.322 e. The minimum absolute atomic E-state index is 0.00884. The molecule has 1 unspecified atom stereocenters. The lowest BCUT2D eigenvalue weighted by atomic mass is 9.99. The Morgan fingerprint density at radius 1 is 1.00 bits per heavy atom. The lowest BCUT2D eigenvalue weighted by Crippen LogP contribution is -2.56. The summed E-state index contributed by atoms with van der Waals surface area (Å²) in [7, 11) is 0. The van der Waals surface area contributed by atoms with Crippen LogP contribution >= 0.6 is 0 Å². The number of nitrogens with one attached hydrogen (secondary N) is 2. The molecule has 1 fully saturated rings. The van der Waals surface area contributed by atoms with Gasteiger partial charge in [0.1, 0.15) is 5.82 Å². The molecule has 0 aromatic heterocycles. The van der Waals surface area contributed by atoms with Crippen LogP contribution < -0.4 is 15.5 Å². The van der Waals surface area contributed by atoms with Crippen LogP contribution in [0.25, 0.3) is 0 Å². The Bertz CT molecular complexity index is 1570. The molecule has 5 amide bonds. The summed E-state index contributed by atoms with van der Waals surface area (Å²) in [5.74, 6) is -0.783. The Hall–Kier alpha value is -4.73. The van der Waals surface area contributed by atoms with Gasteiger partial charge in [-0.2, -0.15) is 0 Å². The van der Waals surface area contributed by atoms with Gasteiger partial charge in [-0.1, -0.05) is 48.5 Å². The molecule has 216 valence electrons. The number of likely N-dealkylation sites (tertiary alicyclic amines) is 1. The number of piperidine rings is 1. The summed E-state index contributed by atoms with van der Waals surface area (Å²) in [6.45, 7) is 5.19. The van der Waals surface area contributed by atoms with E-state index in [1.54, 1.807) is 21.9 Å². The van der Waals surface area contributed by atoms with Crippen LogP contribution in [0.15, 0.2) is 77.8 Å². The van der Waals surface area contributed by atoms with E-state index in [0.717, 1.165) is 11.3 Å². The Balaban J connectivity index is 1.21. The summed E-state index contributed by atoms with van der Waals surface area (Å²) >= 11 is 0. The van der Waals surface area contributed by atoms with Crippen LogP contribution in [0.4, 0.5) is 25.4 Å². The largest absolute Gasteiger partial charge is 0.325 e. The van der Waals surface area contributed by atoms with Crippen LogP contribution in [0.1, 0.15) is 43.4 Å². The van der Waals surface area contributed by atoms with Crippen molar-refractivity contribution in [3.05, 3.63) is 95.3 Å². The lowest BCUT2D eigenvalue weighted by Gasteiger charge is -2.40. The number of urea groups is 2. The molecule has 0 spiro atoms. The van der Waals surface area contributed by atoms with Gasteiger partial charge < -0.3 is 25.3 Å². The number of anilines is 2. The molecule has 1 saturated heterocycles. The van der Waals surface area contributed by atoms with Crippen LogP contribution in [0.5, 0.6) is 0 Å². The van der Waals surface area contributed by atoms with E-state index in [2.05, 4.69) is 10.6 Å². The molecule has 0 saturated carbocycles. The molecule has 6 rings (SSSR count). The monoisotopic (exact) mass is 568 g/mol. The average molecular weight is 569 g/mol. The SMILES string of the molecule is CC(C)N1C(=O)C(NC(=O)N2CCC(N3Cc4ccccc4NC3=O)CC2)N=C(c2cccc(F)c2)c2ccccc21. The summed E-state index contributed by atoms with van der Waals surface area (Å²) in [5.41, 5.74) is 4.18. The van der Waals surface area contributed by atoms with E-state index in [-0.39, 0.29) is 24.0 Å². The second kappa shape index (κ2) is 11.3. The first-order valence-electron chi connectivity index (χ1n) is 14.3. The minimum atomic E-state index is -1.20. The number of para-hydroxylation sites is 2. The molecule has 9 nitrogen and oxygen atoms in total. The fraction of sp³-hybridized carbons (Fsp3) is 0.312. The number of nitrogens with zero attached hydrogens (tertiary/aromatic N) is 4. The van der Waals surface area contributed by atoms with Crippen molar-refractivity contribution in [2.45, 2.75) is 51.5 Å². The Kier molecular flexibility index (Phi) is 7.36. The Morgan fingerprint density at radius 2 is 1.74 bits per heavy atom. The second-order valence-electron chi connectivity index (χ2n) is 11.1. The minimum Gasteiger partial charge on any atom is -0.325 e. The van der Waals surface area contributed by atoms with Crippen molar-refractivity contribution in [1.29, 1.82) is 0 Å². The van der Waals surface area contributed by atoms with Crippen molar-refractivity contribution < 1.29 is 18.8 Å². The maximum absolute atomic E-state index is 14.3. The highest BCUT2D eigenvalue weighted by Crippen LogP contribution is 2.31. The van der Waals surface area contributed by atoms with Crippen molar-refractivity contribution in [2.24, 2.45) is 4.99 Å². The van der Waals surface area contributed by atoms with Crippen molar-refractivity contribution >= 4 is 35.1 Å². The summed E-state index contributed by atoms with van der Waals surface area (Å²) in [6.07, 6.45) is 0.0269. The van der Waals surface area contributed by atoms with E-state index in [0.29, 0.717) is 55.0 Å². The number of carbonyl (C=O) groups is 3. The molecule has 42 heavy (non-hydrogen) atoms. The predicted octanol–water partition coefficient (Wildman–Crippen LogP) is 4.97. The quantitative estimate of drug-likeness (QED) is 0.465. The molecule has 10 heteroatoms. The molecule has 3 aromatic rings. The zero-order valence-corrected chi connectivity index (χ0v) is 23.6. The fourth-order valence-electron chi connectivity index (χ4n) is 5.99. The summed E-state index contributed by atoms with van der Waals surface area (Å²) in [4.78, 5) is 50.0. The highest BCUT2D eigenvalue weighted by Gasteiger charge is 2.37. The van der Waals surface area contributed by atoms with E-state index >= 15 is 0 Å². The van der Waals surface area contributed by atoms with E-state index in [1.807, 2.05) is 67.3 Å². The number of amides is 5. The third-order valence-electron chi connectivity index (χ3n) is 8.08. The second-order valence-corrected chi connectivity index (χ2v) is 11.1. The maximum Gasteiger partial charge on any atom is 0.322 e. The lowest BCUT2D eigenvalue weighted by molar-refractivity contribution is -0.120. The van der Waals surface area contributed by atoms with Crippen molar-refractivity contribution in [1.82, 2.24) is 15.1 Å². The van der Waals surface area contributed by atoms with Crippen LogP contribution in [0.2, 0.25) is 0 Å².